The highest BCUT2D eigenvalue weighted by molar-refractivity contribution is 8.01. The fourth-order valence-electron chi connectivity index (χ4n) is 2.66. The second-order valence-electron chi connectivity index (χ2n) is 5.61. The molecule has 7 heteroatoms. The van der Waals surface area contributed by atoms with E-state index in [0.29, 0.717) is 18.9 Å². The van der Waals surface area contributed by atoms with Crippen molar-refractivity contribution in [2.75, 3.05) is 20.3 Å². The second kappa shape index (κ2) is 7.65. The van der Waals surface area contributed by atoms with Crippen LogP contribution in [0.5, 0.6) is 0 Å². The standard InChI is InChI=1S/C17H20N2O3S2/c1-12(19-20)13-3-5-14(6-4-13)23-15-11-18-16(24-15)17(21-2)7-9-22-10-8-17/h3-6,11,20H,7-10H2,1-2H3/b19-12-. The quantitative estimate of drug-likeness (QED) is 0.491. The smallest absolute Gasteiger partial charge is 0.126 e. The van der Waals surface area contributed by atoms with Crippen LogP contribution in [0.3, 0.4) is 0 Å². The first-order valence-electron chi connectivity index (χ1n) is 7.73. The van der Waals surface area contributed by atoms with E-state index in [9.17, 15) is 0 Å². The summed E-state index contributed by atoms with van der Waals surface area (Å²) in [6.45, 7) is 3.20. The fraction of sp³-hybridized carbons (Fsp3) is 0.412. The zero-order chi connectivity index (χ0) is 17.0. The summed E-state index contributed by atoms with van der Waals surface area (Å²) in [6.07, 6.45) is 3.60. The lowest BCUT2D eigenvalue weighted by Crippen LogP contribution is -2.35. The van der Waals surface area contributed by atoms with Crippen LogP contribution in [0.1, 0.15) is 30.3 Å². The second-order valence-corrected chi connectivity index (χ2v) is 8.01. The summed E-state index contributed by atoms with van der Waals surface area (Å²) in [4.78, 5) is 5.73. The van der Waals surface area contributed by atoms with Gasteiger partial charge in [-0.05, 0) is 24.6 Å². The Morgan fingerprint density at radius 3 is 2.67 bits per heavy atom. The van der Waals surface area contributed by atoms with Crippen LogP contribution in [-0.4, -0.2) is 36.2 Å². The van der Waals surface area contributed by atoms with Crippen molar-refractivity contribution in [1.29, 1.82) is 0 Å². The van der Waals surface area contributed by atoms with E-state index in [2.05, 4.69) is 10.1 Å². The van der Waals surface area contributed by atoms with Gasteiger partial charge in [-0.2, -0.15) is 0 Å². The average Bonchev–Trinajstić information content (AvgIpc) is 3.11. The molecule has 0 unspecified atom stereocenters. The first-order valence-corrected chi connectivity index (χ1v) is 9.36. The van der Waals surface area contributed by atoms with Gasteiger partial charge in [0, 0.05) is 38.1 Å². The zero-order valence-corrected chi connectivity index (χ0v) is 15.3. The number of benzene rings is 1. The maximum absolute atomic E-state index is 8.82. The van der Waals surface area contributed by atoms with E-state index in [-0.39, 0.29) is 5.60 Å². The van der Waals surface area contributed by atoms with Crippen LogP contribution in [-0.2, 0) is 15.1 Å². The molecule has 1 N–H and O–H groups in total. The number of oxime groups is 1. The van der Waals surface area contributed by atoms with Crippen molar-refractivity contribution >= 4 is 28.8 Å². The first kappa shape index (κ1) is 17.4. The number of hydrogen-bond acceptors (Lipinski definition) is 7. The zero-order valence-electron chi connectivity index (χ0n) is 13.7. The maximum atomic E-state index is 8.82. The van der Waals surface area contributed by atoms with Gasteiger partial charge in [-0.1, -0.05) is 29.1 Å². The van der Waals surface area contributed by atoms with Gasteiger partial charge in [0.2, 0.25) is 0 Å². The van der Waals surface area contributed by atoms with Gasteiger partial charge in [0.1, 0.15) is 10.6 Å². The molecule has 1 saturated heterocycles. The summed E-state index contributed by atoms with van der Waals surface area (Å²) in [5.41, 5.74) is 1.21. The molecule has 0 atom stereocenters. The maximum Gasteiger partial charge on any atom is 0.126 e. The Balaban J connectivity index is 1.74. The summed E-state index contributed by atoms with van der Waals surface area (Å²) < 4.78 is 12.4. The largest absolute Gasteiger partial charge is 0.411 e. The monoisotopic (exact) mass is 364 g/mol. The molecule has 3 rings (SSSR count). The molecule has 0 amide bonds. The molecule has 1 fully saturated rings. The Morgan fingerprint density at radius 2 is 2.04 bits per heavy atom. The number of hydrogen-bond donors (Lipinski definition) is 1. The molecule has 128 valence electrons. The normalized spacial score (nSPS) is 17.8. The van der Waals surface area contributed by atoms with Gasteiger partial charge in [0.15, 0.2) is 0 Å². The van der Waals surface area contributed by atoms with Gasteiger partial charge in [-0.15, -0.1) is 11.3 Å². The van der Waals surface area contributed by atoms with Crippen LogP contribution in [0.25, 0.3) is 0 Å². The van der Waals surface area contributed by atoms with Gasteiger partial charge < -0.3 is 14.7 Å². The lowest BCUT2D eigenvalue weighted by atomic mass is 9.95. The third-order valence-corrected chi connectivity index (χ3v) is 6.50. The van der Waals surface area contributed by atoms with E-state index in [1.54, 1.807) is 37.1 Å². The van der Waals surface area contributed by atoms with Crippen LogP contribution in [0.4, 0.5) is 0 Å². The van der Waals surface area contributed by atoms with Crippen molar-refractivity contribution in [1.82, 2.24) is 4.98 Å². The van der Waals surface area contributed by atoms with Gasteiger partial charge in [-0.25, -0.2) is 4.98 Å². The number of methoxy groups -OCH3 is 1. The van der Waals surface area contributed by atoms with Crippen molar-refractivity contribution in [3.8, 4) is 0 Å². The Morgan fingerprint density at radius 1 is 1.33 bits per heavy atom. The summed E-state index contributed by atoms with van der Waals surface area (Å²) in [6, 6.07) is 7.95. The molecule has 24 heavy (non-hydrogen) atoms. The van der Waals surface area contributed by atoms with E-state index in [0.717, 1.165) is 32.5 Å². The van der Waals surface area contributed by atoms with Gasteiger partial charge in [0.05, 0.1) is 16.1 Å². The highest BCUT2D eigenvalue weighted by Crippen LogP contribution is 2.41. The molecule has 0 bridgehead atoms. The molecular weight excluding hydrogens is 344 g/mol. The minimum absolute atomic E-state index is 0.305. The molecular formula is C17H20N2O3S2. The number of thiazole rings is 1. The SMILES string of the molecule is COC1(c2ncc(Sc3ccc(/C(C)=N\O)cc3)s2)CCOCC1. The van der Waals surface area contributed by atoms with Gasteiger partial charge in [-0.3, -0.25) is 0 Å². The molecule has 0 aliphatic carbocycles. The topological polar surface area (TPSA) is 63.9 Å². The molecule has 1 aromatic carbocycles. The van der Waals surface area contributed by atoms with E-state index >= 15 is 0 Å². The molecule has 0 saturated carbocycles. The lowest BCUT2D eigenvalue weighted by Gasteiger charge is -2.33. The predicted molar refractivity (Wildman–Crippen MR) is 95.4 cm³/mol. The third kappa shape index (κ3) is 3.64. The van der Waals surface area contributed by atoms with Crippen molar-refractivity contribution in [3.05, 3.63) is 41.0 Å². The van der Waals surface area contributed by atoms with Crippen molar-refractivity contribution < 1.29 is 14.7 Å². The summed E-state index contributed by atoms with van der Waals surface area (Å²) in [5, 5.41) is 13.1. The van der Waals surface area contributed by atoms with E-state index in [1.165, 1.54) is 0 Å². The Kier molecular flexibility index (Phi) is 5.55. The molecule has 2 aromatic rings. The fourth-order valence-corrected chi connectivity index (χ4v) is 4.84. The highest BCUT2D eigenvalue weighted by atomic mass is 32.2. The first-order chi connectivity index (χ1) is 11.7. The highest BCUT2D eigenvalue weighted by Gasteiger charge is 2.37. The predicted octanol–water partition coefficient (Wildman–Crippen LogP) is 4.14. The number of ether oxygens (including phenoxy) is 2. The number of rotatable bonds is 5. The molecule has 1 aliphatic heterocycles. The Hall–Kier alpha value is -1.41. The van der Waals surface area contributed by atoms with Crippen LogP contribution in [0, 0.1) is 0 Å². The average molecular weight is 364 g/mol. The van der Waals surface area contributed by atoms with Gasteiger partial charge in [0.25, 0.3) is 0 Å². The molecule has 1 aromatic heterocycles. The number of nitrogens with zero attached hydrogens (tertiary/aromatic N) is 2. The van der Waals surface area contributed by atoms with Crippen LogP contribution in [0.2, 0.25) is 0 Å². The summed E-state index contributed by atoms with van der Waals surface area (Å²) in [5.74, 6) is 0. The molecule has 2 heterocycles. The summed E-state index contributed by atoms with van der Waals surface area (Å²) in [7, 11) is 1.75. The summed E-state index contributed by atoms with van der Waals surface area (Å²) >= 11 is 3.36. The van der Waals surface area contributed by atoms with Crippen LogP contribution in [0.15, 0.2) is 44.7 Å². The third-order valence-electron chi connectivity index (χ3n) is 4.21. The number of aromatic nitrogens is 1. The van der Waals surface area contributed by atoms with Crippen LogP contribution >= 0.6 is 23.1 Å². The molecule has 0 spiro atoms. The minimum atomic E-state index is -0.305. The van der Waals surface area contributed by atoms with E-state index in [4.69, 9.17) is 14.7 Å². The van der Waals surface area contributed by atoms with Crippen molar-refractivity contribution in [2.45, 2.75) is 34.5 Å². The molecule has 5 nitrogen and oxygen atoms in total. The minimum Gasteiger partial charge on any atom is -0.411 e. The lowest BCUT2D eigenvalue weighted by molar-refractivity contribution is -0.0948. The Labute approximate surface area is 149 Å². The van der Waals surface area contributed by atoms with E-state index in [1.807, 2.05) is 30.5 Å². The van der Waals surface area contributed by atoms with Gasteiger partial charge >= 0.3 is 0 Å². The molecule has 1 aliphatic rings. The van der Waals surface area contributed by atoms with Crippen molar-refractivity contribution in [3.63, 3.8) is 0 Å². The van der Waals surface area contributed by atoms with Crippen molar-refractivity contribution in [2.24, 2.45) is 5.16 Å². The Bertz CT molecular complexity index is 707. The van der Waals surface area contributed by atoms with Crippen LogP contribution < -0.4 is 0 Å². The van der Waals surface area contributed by atoms with E-state index < -0.39 is 0 Å². The molecule has 0 radical (unpaired) electrons.